The zero-order valence-electron chi connectivity index (χ0n) is 9.20. The van der Waals surface area contributed by atoms with Gasteiger partial charge in [-0.3, -0.25) is 4.79 Å². The van der Waals surface area contributed by atoms with Crippen molar-refractivity contribution in [3.8, 4) is 0 Å². The minimum Gasteiger partial charge on any atom is -0.372 e. The molecule has 0 aromatic carbocycles. The predicted molar refractivity (Wildman–Crippen MR) is 52.7 cm³/mol. The fraction of sp³-hybridized carbons (Fsp3) is 0.889. The van der Waals surface area contributed by atoms with Crippen molar-refractivity contribution in [3.63, 3.8) is 0 Å². The summed E-state index contributed by atoms with van der Waals surface area (Å²) in [7, 11) is 7.31. The average Bonchev–Trinajstić information content (AvgIpc) is 2.11. The van der Waals surface area contributed by atoms with E-state index in [4.69, 9.17) is 4.74 Å². The number of carbonyl (C=O) groups is 1. The van der Waals surface area contributed by atoms with E-state index in [1.807, 2.05) is 19.0 Å². The van der Waals surface area contributed by atoms with Crippen LogP contribution in [-0.4, -0.2) is 63.2 Å². The molecule has 0 heterocycles. The number of carbonyl (C=O) groups excluding carboxylic acids is 1. The van der Waals surface area contributed by atoms with E-state index < -0.39 is 0 Å². The molecule has 1 unspecified atom stereocenters. The minimum absolute atomic E-state index is 0.0318. The largest absolute Gasteiger partial charge is 0.372 e. The Labute approximate surface area is 80.5 Å². The number of likely N-dealkylation sites (N-methyl/N-ethyl adjacent to an activating group) is 2. The van der Waals surface area contributed by atoms with Crippen LogP contribution in [0.5, 0.6) is 0 Å². The first-order chi connectivity index (χ1) is 5.99. The monoisotopic (exact) mass is 188 g/mol. The summed E-state index contributed by atoms with van der Waals surface area (Å²) in [6.45, 7) is 3.37. The van der Waals surface area contributed by atoms with E-state index in [1.54, 1.807) is 26.0 Å². The maximum Gasteiger partial charge on any atom is 0.251 e. The van der Waals surface area contributed by atoms with Gasteiger partial charge in [0.15, 0.2) is 0 Å². The number of rotatable bonds is 5. The summed E-state index contributed by atoms with van der Waals surface area (Å²) < 4.78 is 4.94. The van der Waals surface area contributed by atoms with E-state index in [2.05, 4.69) is 0 Å². The lowest BCUT2D eigenvalue weighted by atomic mass is 10.3. The van der Waals surface area contributed by atoms with Crippen LogP contribution in [0.1, 0.15) is 6.92 Å². The average molecular weight is 188 g/mol. The number of ether oxygens (including phenoxy) is 1. The van der Waals surface area contributed by atoms with Crippen LogP contribution >= 0.6 is 0 Å². The zero-order chi connectivity index (χ0) is 10.4. The standard InChI is InChI=1S/C9H20N2O2/c1-8(13-5)9(12)11(4)7-6-10(2)3/h8H,6-7H2,1-5H3. The van der Waals surface area contributed by atoms with Gasteiger partial charge in [-0.2, -0.15) is 0 Å². The second-order valence-corrected chi connectivity index (χ2v) is 3.44. The van der Waals surface area contributed by atoms with E-state index in [-0.39, 0.29) is 12.0 Å². The quantitative estimate of drug-likeness (QED) is 0.611. The third-order valence-electron chi connectivity index (χ3n) is 1.96. The summed E-state index contributed by atoms with van der Waals surface area (Å²) in [5.41, 5.74) is 0. The Morgan fingerprint density at radius 1 is 1.31 bits per heavy atom. The Hall–Kier alpha value is -0.610. The van der Waals surface area contributed by atoms with Gasteiger partial charge in [-0.15, -0.1) is 0 Å². The van der Waals surface area contributed by atoms with Crippen molar-refractivity contribution in [2.45, 2.75) is 13.0 Å². The van der Waals surface area contributed by atoms with Gasteiger partial charge in [0.2, 0.25) is 0 Å². The van der Waals surface area contributed by atoms with Crippen molar-refractivity contribution < 1.29 is 9.53 Å². The molecular weight excluding hydrogens is 168 g/mol. The van der Waals surface area contributed by atoms with Crippen molar-refractivity contribution >= 4 is 5.91 Å². The highest BCUT2D eigenvalue weighted by Gasteiger charge is 2.15. The Balaban J connectivity index is 3.82. The van der Waals surface area contributed by atoms with Crippen molar-refractivity contribution in [2.75, 3.05) is 41.3 Å². The number of amides is 1. The van der Waals surface area contributed by atoms with Gasteiger partial charge in [-0.25, -0.2) is 0 Å². The molecule has 4 heteroatoms. The molecule has 0 aliphatic heterocycles. The molecule has 0 fully saturated rings. The van der Waals surface area contributed by atoms with Gasteiger partial charge in [-0.05, 0) is 21.0 Å². The second kappa shape index (κ2) is 5.94. The maximum atomic E-state index is 11.5. The first-order valence-corrected chi connectivity index (χ1v) is 4.41. The van der Waals surface area contributed by atoms with Gasteiger partial charge in [0, 0.05) is 27.2 Å². The summed E-state index contributed by atoms with van der Waals surface area (Å²) in [5, 5.41) is 0. The van der Waals surface area contributed by atoms with Crippen LogP contribution in [0.25, 0.3) is 0 Å². The minimum atomic E-state index is -0.341. The first-order valence-electron chi connectivity index (χ1n) is 4.41. The molecule has 0 saturated carbocycles. The van der Waals surface area contributed by atoms with Crippen molar-refractivity contribution in [3.05, 3.63) is 0 Å². The van der Waals surface area contributed by atoms with Crippen LogP contribution in [0.15, 0.2) is 0 Å². The number of methoxy groups -OCH3 is 1. The summed E-state index contributed by atoms with van der Waals surface area (Å²) in [5.74, 6) is 0.0318. The SMILES string of the molecule is COC(C)C(=O)N(C)CCN(C)C. The van der Waals surface area contributed by atoms with E-state index in [1.165, 1.54) is 0 Å². The van der Waals surface area contributed by atoms with Gasteiger partial charge in [-0.1, -0.05) is 0 Å². The van der Waals surface area contributed by atoms with Gasteiger partial charge >= 0.3 is 0 Å². The molecular formula is C9H20N2O2. The van der Waals surface area contributed by atoms with E-state index in [9.17, 15) is 4.79 Å². The molecule has 0 bridgehead atoms. The Bertz CT molecular complexity index is 160. The Morgan fingerprint density at radius 2 is 1.85 bits per heavy atom. The highest BCUT2D eigenvalue weighted by Crippen LogP contribution is 1.95. The van der Waals surface area contributed by atoms with Crippen LogP contribution in [0, 0.1) is 0 Å². The highest BCUT2D eigenvalue weighted by molar-refractivity contribution is 5.80. The molecule has 4 nitrogen and oxygen atoms in total. The van der Waals surface area contributed by atoms with E-state index in [0.29, 0.717) is 0 Å². The maximum absolute atomic E-state index is 11.5. The highest BCUT2D eigenvalue weighted by atomic mass is 16.5. The molecule has 0 aliphatic carbocycles. The predicted octanol–water partition coefficient (Wildman–Crippen LogP) is 0.0413. The molecule has 0 aromatic heterocycles. The van der Waals surface area contributed by atoms with Crippen molar-refractivity contribution in [1.82, 2.24) is 9.80 Å². The Morgan fingerprint density at radius 3 is 2.23 bits per heavy atom. The molecule has 78 valence electrons. The number of nitrogens with zero attached hydrogens (tertiary/aromatic N) is 2. The normalized spacial score (nSPS) is 13.1. The molecule has 1 atom stereocenters. The molecule has 1 amide bonds. The summed E-state index contributed by atoms with van der Waals surface area (Å²) in [6.07, 6.45) is -0.341. The number of hydrogen-bond acceptors (Lipinski definition) is 3. The second-order valence-electron chi connectivity index (χ2n) is 3.44. The van der Waals surface area contributed by atoms with Crippen LogP contribution < -0.4 is 0 Å². The van der Waals surface area contributed by atoms with Crippen LogP contribution in [0.4, 0.5) is 0 Å². The lowest BCUT2D eigenvalue weighted by molar-refractivity contribution is -0.139. The molecule has 13 heavy (non-hydrogen) atoms. The first kappa shape index (κ1) is 12.4. The van der Waals surface area contributed by atoms with Gasteiger partial charge in [0.1, 0.15) is 6.10 Å². The fourth-order valence-corrected chi connectivity index (χ4v) is 0.871. The van der Waals surface area contributed by atoms with Gasteiger partial charge in [0.05, 0.1) is 0 Å². The lowest BCUT2D eigenvalue weighted by Crippen LogP contribution is -2.39. The van der Waals surface area contributed by atoms with Gasteiger partial charge in [0.25, 0.3) is 5.91 Å². The molecule has 0 N–H and O–H groups in total. The molecule has 0 radical (unpaired) electrons. The van der Waals surface area contributed by atoms with Crippen LogP contribution in [0.2, 0.25) is 0 Å². The molecule has 0 aromatic rings. The summed E-state index contributed by atoms with van der Waals surface area (Å²) >= 11 is 0. The Kier molecular flexibility index (Phi) is 5.66. The van der Waals surface area contributed by atoms with Crippen LogP contribution in [-0.2, 0) is 9.53 Å². The van der Waals surface area contributed by atoms with E-state index in [0.717, 1.165) is 13.1 Å². The van der Waals surface area contributed by atoms with E-state index >= 15 is 0 Å². The van der Waals surface area contributed by atoms with Gasteiger partial charge < -0.3 is 14.5 Å². The molecule has 0 rings (SSSR count). The smallest absolute Gasteiger partial charge is 0.251 e. The summed E-state index contributed by atoms with van der Waals surface area (Å²) in [4.78, 5) is 15.2. The fourth-order valence-electron chi connectivity index (χ4n) is 0.871. The third kappa shape index (κ3) is 4.85. The molecule has 0 saturated heterocycles. The summed E-state index contributed by atoms with van der Waals surface area (Å²) in [6, 6.07) is 0. The zero-order valence-corrected chi connectivity index (χ0v) is 9.20. The molecule has 0 aliphatic rings. The number of hydrogen-bond donors (Lipinski definition) is 0. The van der Waals surface area contributed by atoms with Crippen molar-refractivity contribution in [1.29, 1.82) is 0 Å². The van der Waals surface area contributed by atoms with Crippen LogP contribution in [0.3, 0.4) is 0 Å². The van der Waals surface area contributed by atoms with Crippen molar-refractivity contribution in [2.24, 2.45) is 0 Å². The molecule has 0 spiro atoms. The lowest BCUT2D eigenvalue weighted by Gasteiger charge is -2.22. The topological polar surface area (TPSA) is 32.8 Å². The third-order valence-corrected chi connectivity index (χ3v) is 1.96.